The minimum Gasteiger partial charge on any atom is -0.397 e. The van der Waals surface area contributed by atoms with Crippen LogP contribution in [0.1, 0.15) is 110 Å². The first-order valence-corrected chi connectivity index (χ1v) is 11.7. The molecule has 0 aliphatic carbocycles. The van der Waals surface area contributed by atoms with Crippen LogP contribution in [0.5, 0.6) is 5.75 Å². The number of rotatable bonds is 19. The van der Waals surface area contributed by atoms with Gasteiger partial charge in [-0.3, -0.25) is 0 Å². The van der Waals surface area contributed by atoms with Crippen LogP contribution in [0.2, 0.25) is 0 Å². The molecule has 1 aromatic rings. The average Bonchev–Trinajstić information content (AvgIpc) is 2.70. The summed E-state index contributed by atoms with van der Waals surface area (Å²) in [5.41, 5.74) is 12.5. The highest BCUT2D eigenvalue weighted by atomic mass is 17.2. The van der Waals surface area contributed by atoms with Crippen LogP contribution < -0.4 is 16.4 Å². The summed E-state index contributed by atoms with van der Waals surface area (Å²) < 4.78 is 0. The van der Waals surface area contributed by atoms with E-state index in [0.29, 0.717) is 23.7 Å². The molecule has 0 atom stereocenters. The maximum absolute atomic E-state index is 5.83. The van der Waals surface area contributed by atoms with Gasteiger partial charge in [-0.15, -0.1) is 0 Å². The summed E-state index contributed by atoms with van der Waals surface area (Å²) in [5, 5.41) is 0. The number of nitrogens with two attached hydrogens (primary N) is 2. The van der Waals surface area contributed by atoms with Crippen LogP contribution in [0, 0.1) is 0 Å². The summed E-state index contributed by atoms with van der Waals surface area (Å²) in [5.74, 6) is 0.497. The molecule has 0 amide bonds. The lowest BCUT2D eigenvalue weighted by Crippen LogP contribution is -2.03. The largest absolute Gasteiger partial charge is 0.397 e. The lowest BCUT2D eigenvalue weighted by Gasteiger charge is -2.08. The third-order valence-corrected chi connectivity index (χ3v) is 5.33. The first kappa shape index (κ1) is 24.6. The molecule has 0 fully saturated rings. The average molecular weight is 393 g/mol. The third kappa shape index (κ3) is 12.9. The maximum atomic E-state index is 5.83. The molecule has 0 spiro atoms. The van der Waals surface area contributed by atoms with E-state index in [-0.39, 0.29) is 0 Å². The summed E-state index contributed by atoms with van der Waals surface area (Å²) in [6.45, 7) is 2.87. The molecule has 4 nitrogen and oxygen atoms in total. The standard InChI is InChI=1S/C24H44N2O2/c1-2-3-4-5-6-7-8-9-10-11-12-13-14-15-16-17-21-27-28-23-20-18-19-22(25)24(23)26/h18-20H,2-17,21,25-26H2,1H3. The van der Waals surface area contributed by atoms with Crippen molar-refractivity contribution in [2.45, 2.75) is 110 Å². The fraction of sp³-hybridized carbons (Fsp3) is 0.750. The van der Waals surface area contributed by atoms with Crippen LogP contribution >= 0.6 is 0 Å². The van der Waals surface area contributed by atoms with E-state index in [1.807, 2.05) is 0 Å². The molecule has 4 heteroatoms. The van der Waals surface area contributed by atoms with E-state index in [0.717, 1.165) is 6.42 Å². The highest BCUT2D eigenvalue weighted by Crippen LogP contribution is 2.26. The van der Waals surface area contributed by atoms with Crippen molar-refractivity contribution in [2.24, 2.45) is 0 Å². The maximum Gasteiger partial charge on any atom is 0.190 e. The summed E-state index contributed by atoms with van der Waals surface area (Å²) in [6, 6.07) is 5.32. The van der Waals surface area contributed by atoms with Gasteiger partial charge in [0.1, 0.15) is 5.69 Å². The zero-order valence-corrected chi connectivity index (χ0v) is 18.2. The minimum atomic E-state index is 0.439. The zero-order chi connectivity index (χ0) is 20.3. The van der Waals surface area contributed by atoms with Crippen molar-refractivity contribution in [3.63, 3.8) is 0 Å². The Hall–Kier alpha value is -1.42. The monoisotopic (exact) mass is 392 g/mol. The third-order valence-electron chi connectivity index (χ3n) is 5.33. The van der Waals surface area contributed by atoms with E-state index in [4.69, 9.17) is 21.2 Å². The van der Waals surface area contributed by atoms with Crippen LogP contribution in [0.3, 0.4) is 0 Å². The van der Waals surface area contributed by atoms with Crippen LogP contribution in [-0.4, -0.2) is 6.61 Å². The van der Waals surface area contributed by atoms with Gasteiger partial charge < -0.3 is 16.4 Å². The summed E-state index contributed by atoms with van der Waals surface area (Å²) in [7, 11) is 0. The molecule has 0 aliphatic heterocycles. The van der Waals surface area contributed by atoms with Gasteiger partial charge in [0.05, 0.1) is 12.3 Å². The first-order chi connectivity index (χ1) is 13.8. The lowest BCUT2D eigenvalue weighted by molar-refractivity contribution is -0.206. The van der Waals surface area contributed by atoms with Gasteiger partial charge in [-0.25, -0.2) is 0 Å². The molecule has 1 aromatic carbocycles. The molecule has 0 bridgehead atoms. The van der Waals surface area contributed by atoms with E-state index in [1.165, 1.54) is 96.3 Å². The Bertz CT molecular complexity index is 480. The molecule has 0 radical (unpaired) electrons. The molecule has 162 valence electrons. The number of hydrogen-bond donors (Lipinski definition) is 2. The molecule has 0 aromatic heterocycles. The Balaban J connectivity index is 1.77. The van der Waals surface area contributed by atoms with Gasteiger partial charge in [0.15, 0.2) is 5.75 Å². The Morgan fingerprint density at radius 2 is 1.11 bits per heavy atom. The number of benzene rings is 1. The number of anilines is 2. The van der Waals surface area contributed by atoms with Crippen LogP contribution in [0.25, 0.3) is 0 Å². The predicted octanol–water partition coefficient (Wildman–Crippen LogP) is 7.42. The number of para-hydroxylation sites is 1. The van der Waals surface area contributed by atoms with Gasteiger partial charge in [0, 0.05) is 0 Å². The second-order valence-corrected chi connectivity index (χ2v) is 7.97. The van der Waals surface area contributed by atoms with Gasteiger partial charge in [0.2, 0.25) is 0 Å². The number of hydrogen-bond acceptors (Lipinski definition) is 4. The molecule has 4 N–H and O–H groups in total. The van der Waals surface area contributed by atoms with E-state index in [9.17, 15) is 0 Å². The minimum absolute atomic E-state index is 0.439. The smallest absolute Gasteiger partial charge is 0.190 e. The topological polar surface area (TPSA) is 70.5 Å². The zero-order valence-electron chi connectivity index (χ0n) is 18.2. The molecule has 0 saturated carbocycles. The second kappa shape index (κ2) is 17.7. The first-order valence-electron chi connectivity index (χ1n) is 11.7. The Morgan fingerprint density at radius 3 is 1.61 bits per heavy atom. The van der Waals surface area contributed by atoms with Crippen molar-refractivity contribution in [1.82, 2.24) is 0 Å². The molecule has 28 heavy (non-hydrogen) atoms. The van der Waals surface area contributed by atoms with Crippen LogP contribution in [0.15, 0.2) is 18.2 Å². The van der Waals surface area contributed by atoms with Crippen molar-refractivity contribution < 1.29 is 9.78 Å². The number of unbranched alkanes of at least 4 members (excludes halogenated alkanes) is 15. The fourth-order valence-corrected chi connectivity index (χ4v) is 3.45. The van der Waals surface area contributed by atoms with E-state index in [1.54, 1.807) is 18.2 Å². The van der Waals surface area contributed by atoms with Gasteiger partial charge in [-0.2, -0.15) is 4.89 Å². The van der Waals surface area contributed by atoms with Crippen LogP contribution in [-0.2, 0) is 4.89 Å². The highest BCUT2D eigenvalue weighted by molar-refractivity contribution is 5.70. The molecule has 0 aliphatic rings. The normalized spacial score (nSPS) is 11.0. The van der Waals surface area contributed by atoms with Gasteiger partial charge >= 0.3 is 0 Å². The molecule has 0 unspecified atom stereocenters. The van der Waals surface area contributed by atoms with E-state index in [2.05, 4.69) is 6.92 Å². The Labute approximate surface area is 173 Å². The molecule has 0 heterocycles. The van der Waals surface area contributed by atoms with Crippen molar-refractivity contribution in [2.75, 3.05) is 18.1 Å². The lowest BCUT2D eigenvalue weighted by atomic mass is 10.0. The quantitative estimate of drug-likeness (QED) is 0.111. The van der Waals surface area contributed by atoms with E-state index >= 15 is 0 Å². The Morgan fingerprint density at radius 1 is 0.643 bits per heavy atom. The van der Waals surface area contributed by atoms with Crippen molar-refractivity contribution in [3.05, 3.63) is 18.2 Å². The molecular formula is C24H44N2O2. The van der Waals surface area contributed by atoms with Crippen LogP contribution in [0.4, 0.5) is 11.4 Å². The van der Waals surface area contributed by atoms with Crippen molar-refractivity contribution in [1.29, 1.82) is 0 Å². The highest BCUT2D eigenvalue weighted by Gasteiger charge is 2.04. The van der Waals surface area contributed by atoms with E-state index < -0.39 is 0 Å². The Kier molecular flexibility index (Phi) is 15.5. The second-order valence-electron chi connectivity index (χ2n) is 7.97. The van der Waals surface area contributed by atoms with Gasteiger partial charge in [-0.1, -0.05) is 109 Å². The molecule has 0 saturated heterocycles. The summed E-state index contributed by atoms with van der Waals surface area (Å²) in [4.78, 5) is 10.5. The predicted molar refractivity (Wildman–Crippen MR) is 121 cm³/mol. The van der Waals surface area contributed by atoms with Gasteiger partial charge in [0.25, 0.3) is 0 Å². The molecule has 1 rings (SSSR count). The summed E-state index contributed by atoms with van der Waals surface area (Å²) >= 11 is 0. The van der Waals surface area contributed by atoms with Crippen molar-refractivity contribution >= 4 is 11.4 Å². The number of nitrogen functional groups attached to an aromatic ring is 2. The summed E-state index contributed by atoms with van der Waals surface area (Å²) in [6.07, 6.45) is 21.8. The van der Waals surface area contributed by atoms with Gasteiger partial charge in [-0.05, 0) is 18.6 Å². The fourth-order valence-electron chi connectivity index (χ4n) is 3.45. The van der Waals surface area contributed by atoms with Crippen molar-refractivity contribution in [3.8, 4) is 5.75 Å². The molecular weight excluding hydrogens is 348 g/mol. The SMILES string of the molecule is CCCCCCCCCCCCCCCCCCOOc1cccc(N)c1N.